The van der Waals surface area contributed by atoms with Crippen LogP contribution >= 0.6 is 0 Å². The van der Waals surface area contributed by atoms with E-state index in [0.29, 0.717) is 0 Å². The molecule has 0 bridgehead atoms. The minimum absolute atomic E-state index is 0.0468. The van der Waals surface area contributed by atoms with Gasteiger partial charge in [-0.1, -0.05) is 13.0 Å². The van der Waals surface area contributed by atoms with Crippen LogP contribution < -0.4 is 5.32 Å². The van der Waals surface area contributed by atoms with Gasteiger partial charge in [0.05, 0.1) is 0 Å². The summed E-state index contributed by atoms with van der Waals surface area (Å²) in [6.45, 7) is 3.90. The maximum absolute atomic E-state index is 10.7. The van der Waals surface area contributed by atoms with Crippen LogP contribution in [-0.4, -0.2) is 38.0 Å². The lowest BCUT2D eigenvalue weighted by atomic mass is 10.4. The van der Waals surface area contributed by atoms with E-state index in [9.17, 15) is 4.79 Å². The highest BCUT2D eigenvalue weighted by atomic mass is 16.1. The van der Waals surface area contributed by atoms with E-state index in [1.54, 1.807) is 13.1 Å². The van der Waals surface area contributed by atoms with E-state index >= 15 is 0 Å². The number of carbonyl (C=O) groups excluding carboxylic acids is 1. The maximum Gasteiger partial charge on any atom is 0.243 e. The molecule has 0 saturated heterocycles. The zero-order valence-electron chi connectivity index (χ0n) is 7.42. The van der Waals surface area contributed by atoms with Gasteiger partial charge in [-0.05, 0) is 13.6 Å². The molecule has 64 valence electrons. The summed E-state index contributed by atoms with van der Waals surface area (Å²) < 4.78 is 0. The number of rotatable bonds is 4. The van der Waals surface area contributed by atoms with Crippen molar-refractivity contribution in [2.24, 2.45) is 0 Å². The Labute approximate surface area is 68.1 Å². The number of nitrogens with zero attached hydrogens (tertiary/aromatic N) is 1. The van der Waals surface area contributed by atoms with Gasteiger partial charge in [-0.25, -0.2) is 0 Å². The van der Waals surface area contributed by atoms with E-state index in [-0.39, 0.29) is 5.91 Å². The van der Waals surface area contributed by atoms with Gasteiger partial charge in [0.1, 0.15) is 0 Å². The Morgan fingerprint density at radius 3 is 2.73 bits per heavy atom. The third-order valence-corrected chi connectivity index (χ3v) is 1.47. The predicted octanol–water partition coefficient (Wildman–Crippen LogP) is 0.240. The summed E-state index contributed by atoms with van der Waals surface area (Å²) in [4.78, 5) is 12.8. The van der Waals surface area contributed by atoms with Crippen molar-refractivity contribution in [2.75, 3.05) is 27.2 Å². The Kier molecular flexibility index (Phi) is 5.47. The molecular weight excluding hydrogens is 140 g/mol. The highest BCUT2D eigenvalue weighted by Gasteiger charge is 1.90. The average molecular weight is 156 g/mol. The van der Waals surface area contributed by atoms with Crippen molar-refractivity contribution in [3.05, 3.63) is 12.2 Å². The molecule has 1 amide bonds. The summed E-state index contributed by atoms with van der Waals surface area (Å²) in [5.41, 5.74) is 0. The van der Waals surface area contributed by atoms with Crippen molar-refractivity contribution in [1.82, 2.24) is 10.2 Å². The topological polar surface area (TPSA) is 32.3 Å². The fourth-order valence-electron chi connectivity index (χ4n) is 0.552. The third-order valence-electron chi connectivity index (χ3n) is 1.47. The molecule has 0 aliphatic heterocycles. The van der Waals surface area contributed by atoms with E-state index in [1.165, 1.54) is 0 Å². The molecule has 0 radical (unpaired) electrons. The van der Waals surface area contributed by atoms with E-state index in [2.05, 4.69) is 17.1 Å². The molecule has 0 rings (SSSR count). The lowest BCUT2D eigenvalue weighted by Gasteiger charge is -2.08. The molecule has 0 aliphatic carbocycles. The van der Waals surface area contributed by atoms with Gasteiger partial charge in [0.25, 0.3) is 0 Å². The van der Waals surface area contributed by atoms with E-state index in [4.69, 9.17) is 0 Å². The van der Waals surface area contributed by atoms with E-state index < -0.39 is 0 Å². The SMILES string of the molecule is CCN(C)C/C=C/C(=O)NC. The summed E-state index contributed by atoms with van der Waals surface area (Å²) in [5.74, 6) is -0.0468. The van der Waals surface area contributed by atoms with Gasteiger partial charge in [0, 0.05) is 19.7 Å². The third kappa shape index (κ3) is 5.61. The molecule has 0 heterocycles. The Morgan fingerprint density at radius 1 is 1.64 bits per heavy atom. The smallest absolute Gasteiger partial charge is 0.243 e. The Morgan fingerprint density at radius 2 is 2.27 bits per heavy atom. The highest BCUT2D eigenvalue weighted by molar-refractivity contribution is 5.87. The number of nitrogens with one attached hydrogen (secondary N) is 1. The lowest BCUT2D eigenvalue weighted by molar-refractivity contribution is -0.116. The minimum Gasteiger partial charge on any atom is -0.356 e. The van der Waals surface area contributed by atoms with Crippen molar-refractivity contribution in [3.8, 4) is 0 Å². The number of hydrogen-bond acceptors (Lipinski definition) is 2. The average Bonchev–Trinajstić information content (AvgIpc) is 2.04. The largest absolute Gasteiger partial charge is 0.356 e. The molecule has 3 heteroatoms. The normalized spacial score (nSPS) is 10.9. The molecule has 0 fully saturated rings. The first-order valence-corrected chi connectivity index (χ1v) is 3.77. The number of carbonyl (C=O) groups is 1. The van der Waals surface area contributed by atoms with Gasteiger partial charge >= 0.3 is 0 Å². The molecule has 0 aliphatic rings. The van der Waals surface area contributed by atoms with Crippen LogP contribution in [-0.2, 0) is 4.79 Å². The fraction of sp³-hybridized carbons (Fsp3) is 0.625. The zero-order chi connectivity index (χ0) is 8.69. The van der Waals surface area contributed by atoms with Crippen molar-refractivity contribution < 1.29 is 4.79 Å². The van der Waals surface area contributed by atoms with Crippen LogP contribution in [0.3, 0.4) is 0 Å². The van der Waals surface area contributed by atoms with Gasteiger partial charge in [0.15, 0.2) is 0 Å². The predicted molar refractivity (Wildman–Crippen MR) is 46.4 cm³/mol. The summed E-state index contributed by atoms with van der Waals surface area (Å²) in [6.07, 6.45) is 3.40. The van der Waals surface area contributed by atoms with Crippen molar-refractivity contribution in [2.45, 2.75) is 6.92 Å². The quantitative estimate of drug-likeness (QED) is 0.591. The second-order valence-electron chi connectivity index (χ2n) is 2.37. The molecule has 0 saturated carbocycles. The Hall–Kier alpha value is -0.830. The van der Waals surface area contributed by atoms with Crippen LogP contribution in [0.15, 0.2) is 12.2 Å². The summed E-state index contributed by atoms with van der Waals surface area (Å²) >= 11 is 0. The molecule has 0 unspecified atom stereocenters. The van der Waals surface area contributed by atoms with Crippen molar-refractivity contribution in [3.63, 3.8) is 0 Å². The molecular formula is C8H16N2O. The monoisotopic (exact) mass is 156 g/mol. The summed E-state index contributed by atoms with van der Waals surface area (Å²) in [5, 5.41) is 2.51. The Balaban J connectivity index is 3.51. The lowest BCUT2D eigenvalue weighted by Crippen LogP contribution is -2.19. The van der Waals surface area contributed by atoms with Crippen LogP contribution in [0.25, 0.3) is 0 Å². The van der Waals surface area contributed by atoms with Crippen LogP contribution in [0.4, 0.5) is 0 Å². The number of hydrogen-bond donors (Lipinski definition) is 1. The van der Waals surface area contributed by atoms with Crippen LogP contribution in [0.1, 0.15) is 6.92 Å². The second kappa shape index (κ2) is 5.92. The zero-order valence-corrected chi connectivity index (χ0v) is 7.42. The van der Waals surface area contributed by atoms with Crippen LogP contribution in [0, 0.1) is 0 Å². The molecule has 0 aromatic rings. The maximum atomic E-state index is 10.7. The van der Waals surface area contributed by atoms with Gasteiger partial charge in [0.2, 0.25) is 5.91 Å². The molecule has 11 heavy (non-hydrogen) atoms. The number of likely N-dealkylation sites (N-methyl/N-ethyl adjacent to an activating group) is 2. The molecule has 3 nitrogen and oxygen atoms in total. The highest BCUT2D eigenvalue weighted by Crippen LogP contribution is 1.81. The molecule has 1 N–H and O–H groups in total. The van der Waals surface area contributed by atoms with E-state index in [1.807, 2.05) is 13.1 Å². The molecule has 0 spiro atoms. The van der Waals surface area contributed by atoms with Gasteiger partial charge in [-0.3, -0.25) is 4.79 Å². The fourth-order valence-corrected chi connectivity index (χ4v) is 0.552. The van der Waals surface area contributed by atoms with Crippen LogP contribution in [0.5, 0.6) is 0 Å². The van der Waals surface area contributed by atoms with E-state index in [0.717, 1.165) is 13.1 Å². The minimum atomic E-state index is -0.0468. The van der Waals surface area contributed by atoms with Crippen molar-refractivity contribution in [1.29, 1.82) is 0 Å². The van der Waals surface area contributed by atoms with Gasteiger partial charge in [-0.2, -0.15) is 0 Å². The summed E-state index contributed by atoms with van der Waals surface area (Å²) in [6, 6.07) is 0. The van der Waals surface area contributed by atoms with Gasteiger partial charge < -0.3 is 10.2 Å². The Bertz CT molecular complexity index is 143. The van der Waals surface area contributed by atoms with Crippen molar-refractivity contribution >= 4 is 5.91 Å². The molecule has 0 aromatic carbocycles. The second-order valence-corrected chi connectivity index (χ2v) is 2.37. The first-order chi connectivity index (χ1) is 5.20. The first kappa shape index (κ1) is 10.2. The molecule has 0 aromatic heterocycles. The van der Waals surface area contributed by atoms with Crippen LogP contribution in [0.2, 0.25) is 0 Å². The first-order valence-electron chi connectivity index (χ1n) is 3.77. The van der Waals surface area contributed by atoms with Gasteiger partial charge in [-0.15, -0.1) is 0 Å². The standard InChI is InChI=1S/C8H16N2O/c1-4-10(3)7-5-6-8(11)9-2/h5-6H,4,7H2,1-3H3,(H,9,11)/b6-5+. The molecule has 0 atom stereocenters. The number of amides is 1. The summed E-state index contributed by atoms with van der Waals surface area (Å²) in [7, 11) is 3.63.